The Balaban J connectivity index is 2.40. The Morgan fingerprint density at radius 2 is 1.76 bits per heavy atom. The maximum atomic E-state index is 13.5. The van der Waals surface area contributed by atoms with Crippen molar-refractivity contribution in [1.29, 1.82) is 0 Å². The van der Waals surface area contributed by atoms with Gasteiger partial charge in [0, 0.05) is 34.3 Å². The summed E-state index contributed by atoms with van der Waals surface area (Å²) in [6.07, 6.45) is -1.10. The van der Waals surface area contributed by atoms with E-state index in [2.05, 4.69) is 0 Å². The van der Waals surface area contributed by atoms with Crippen LogP contribution in [0.15, 0.2) is 47.3 Å². The molecule has 0 aliphatic heterocycles. The largest absolute Gasteiger partial charge is 0.465 e. The van der Waals surface area contributed by atoms with E-state index in [4.69, 9.17) is 11.6 Å². The second-order valence-electron chi connectivity index (χ2n) is 7.92. The van der Waals surface area contributed by atoms with Crippen LogP contribution in [0.5, 0.6) is 0 Å². The molecule has 7 heteroatoms. The SMILES string of the molecule is Cn1c(CN(C(=O)O)C(C)(C)C)c(-c2ccc(F)cc2)c2cc(Cl)ccc2c1=O. The highest BCUT2D eigenvalue weighted by Gasteiger charge is 2.29. The van der Waals surface area contributed by atoms with E-state index in [9.17, 15) is 19.1 Å². The van der Waals surface area contributed by atoms with Crippen LogP contribution in [0.4, 0.5) is 9.18 Å². The van der Waals surface area contributed by atoms with Crippen LogP contribution in [0.3, 0.4) is 0 Å². The molecule has 3 aromatic rings. The van der Waals surface area contributed by atoms with Crippen molar-refractivity contribution < 1.29 is 14.3 Å². The van der Waals surface area contributed by atoms with Crippen molar-refractivity contribution in [3.05, 3.63) is 69.4 Å². The van der Waals surface area contributed by atoms with Gasteiger partial charge in [0.05, 0.1) is 6.54 Å². The first-order valence-electron chi connectivity index (χ1n) is 9.08. The molecule has 3 rings (SSSR count). The molecule has 0 bridgehead atoms. The molecule has 0 saturated heterocycles. The van der Waals surface area contributed by atoms with Gasteiger partial charge in [0.25, 0.3) is 5.56 Å². The van der Waals surface area contributed by atoms with E-state index in [1.54, 1.807) is 58.2 Å². The van der Waals surface area contributed by atoms with E-state index >= 15 is 0 Å². The zero-order valence-electron chi connectivity index (χ0n) is 16.7. The maximum Gasteiger partial charge on any atom is 0.408 e. The lowest BCUT2D eigenvalue weighted by Crippen LogP contribution is -2.45. The molecule has 1 heterocycles. The summed E-state index contributed by atoms with van der Waals surface area (Å²) in [7, 11) is 1.61. The minimum Gasteiger partial charge on any atom is -0.465 e. The average Bonchev–Trinajstić information content (AvgIpc) is 2.63. The molecule has 2 aromatic carbocycles. The van der Waals surface area contributed by atoms with Crippen LogP contribution in [0.25, 0.3) is 21.9 Å². The first-order chi connectivity index (χ1) is 13.5. The fourth-order valence-electron chi connectivity index (χ4n) is 3.40. The number of amides is 1. The van der Waals surface area contributed by atoms with E-state index in [0.29, 0.717) is 32.6 Å². The van der Waals surface area contributed by atoms with Gasteiger partial charge in [-0.3, -0.25) is 9.69 Å². The Labute approximate surface area is 173 Å². The number of carboxylic acid groups (broad SMARTS) is 1. The van der Waals surface area contributed by atoms with Crippen molar-refractivity contribution in [2.45, 2.75) is 32.9 Å². The van der Waals surface area contributed by atoms with Crippen LogP contribution in [0.1, 0.15) is 26.5 Å². The lowest BCUT2D eigenvalue weighted by atomic mass is 9.95. The molecule has 0 aliphatic rings. The Kier molecular flexibility index (Phi) is 5.41. The smallest absolute Gasteiger partial charge is 0.408 e. The predicted octanol–water partition coefficient (Wildman–Crippen LogP) is 5.28. The molecule has 0 spiro atoms. The number of benzene rings is 2. The summed E-state index contributed by atoms with van der Waals surface area (Å²) < 4.78 is 15.0. The summed E-state index contributed by atoms with van der Waals surface area (Å²) in [5.74, 6) is -0.385. The number of carbonyl (C=O) groups is 1. The van der Waals surface area contributed by atoms with E-state index in [1.165, 1.54) is 21.6 Å². The summed E-state index contributed by atoms with van der Waals surface area (Å²) >= 11 is 6.20. The summed E-state index contributed by atoms with van der Waals surface area (Å²) in [6.45, 7) is 5.35. The molecule has 0 saturated carbocycles. The quantitative estimate of drug-likeness (QED) is 0.632. The summed E-state index contributed by atoms with van der Waals surface area (Å²) in [5.41, 5.74) is 0.889. The molecular weight excluding hydrogens is 395 g/mol. The first-order valence-corrected chi connectivity index (χ1v) is 9.46. The van der Waals surface area contributed by atoms with Crippen molar-refractivity contribution in [2.24, 2.45) is 7.05 Å². The van der Waals surface area contributed by atoms with Crippen molar-refractivity contribution in [3.63, 3.8) is 0 Å². The standard InChI is InChI=1S/C22H22ClFN2O3/c1-22(2,3)26(21(28)29)12-18-19(13-5-8-15(24)9-6-13)17-11-14(23)7-10-16(17)20(27)25(18)4/h5-11H,12H2,1-4H3,(H,28,29). The fraction of sp³-hybridized carbons (Fsp3) is 0.273. The molecule has 0 radical (unpaired) electrons. The molecule has 1 N–H and O–H groups in total. The Bertz CT molecular complexity index is 1150. The van der Waals surface area contributed by atoms with Crippen LogP contribution in [0.2, 0.25) is 5.02 Å². The molecule has 5 nitrogen and oxygen atoms in total. The summed E-state index contributed by atoms with van der Waals surface area (Å²) in [4.78, 5) is 26.2. The molecular formula is C22H22ClFN2O3. The van der Waals surface area contributed by atoms with Crippen LogP contribution in [-0.2, 0) is 13.6 Å². The molecule has 1 amide bonds. The number of aromatic nitrogens is 1. The second kappa shape index (κ2) is 7.52. The maximum absolute atomic E-state index is 13.5. The highest BCUT2D eigenvalue weighted by Crippen LogP contribution is 2.34. The van der Waals surface area contributed by atoms with E-state index in [0.717, 1.165) is 0 Å². The third-order valence-electron chi connectivity index (χ3n) is 4.96. The Morgan fingerprint density at radius 1 is 1.14 bits per heavy atom. The highest BCUT2D eigenvalue weighted by atomic mass is 35.5. The minimum absolute atomic E-state index is 0.0142. The Morgan fingerprint density at radius 3 is 2.31 bits per heavy atom. The van der Waals surface area contributed by atoms with E-state index < -0.39 is 11.6 Å². The molecule has 0 aliphatic carbocycles. The zero-order chi connectivity index (χ0) is 21.5. The number of fused-ring (bicyclic) bond motifs is 1. The normalized spacial score (nSPS) is 11.7. The minimum atomic E-state index is -1.10. The van der Waals surface area contributed by atoms with Gasteiger partial charge in [0.15, 0.2) is 0 Å². The van der Waals surface area contributed by atoms with Crippen molar-refractivity contribution in [1.82, 2.24) is 9.47 Å². The molecule has 152 valence electrons. The molecule has 0 unspecified atom stereocenters. The lowest BCUT2D eigenvalue weighted by molar-refractivity contribution is 0.0941. The number of nitrogens with zero attached hydrogens (tertiary/aromatic N) is 2. The van der Waals surface area contributed by atoms with E-state index in [-0.39, 0.29) is 17.9 Å². The average molecular weight is 417 g/mol. The number of halogens is 2. The van der Waals surface area contributed by atoms with Gasteiger partial charge >= 0.3 is 6.09 Å². The second-order valence-corrected chi connectivity index (χ2v) is 8.36. The van der Waals surface area contributed by atoms with E-state index in [1.807, 2.05) is 0 Å². The number of pyridine rings is 1. The molecule has 0 fully saturated rings. The van der Waals surface area contributed by atoms with Crippen molar-refractivity contribution in [2.75, 3.05) is 0 Å². The van der Waals surface area contributed by atoms with Crippen molar-refractivity contribution in [3.8, 4) is 11.1 Å². The number of hydrogen-bond acceptors (Lipinski definition) is 2. The van der Waals surface area contributed by atoms with Crippen LogP contribution in [-0.4, -0.2) is 26.2 Å². The summed E-state index contributed by atoms with van der Waals surface area (Å²) in [5, 5.41) is 11.3. The third-order valence-corrected chi connectivity index (χ3v) is 5.20. The van der Waals surface area contributed by atoms with Gasteiger partial charge in [-0.1, -0.05) is 23.7 Å². The van der Waals surface area contributed by atoms with Gasteiger partial charge < -0.3 is 9.67 Å². The number of hydrogen-bond donors (Lipinski definition) is 1. The molecule has 1 aromatic heterocycles. The van der Waals surface area contributed by atoms with Gasteiger partial charge in [-0.15, -0.1) is 0 Å². The first kappa shape index (κ1) is 20.9. The van der Waals surface area contributed by atoms with Crippen LogP contribution in [0, 0.1) is 5.82 Å². The topological polar surface area (TPSA) is 62.5 Å². The molecule has 29 heavy (non-hydrogen) atoms. The fourth-order valence-corrected chi connectivity index (χ4v) is 3.57. The monoisotopic (exact) mass is 416 g/mol. The zero-order valence-corrected chi connectivity index (χ0v) is 17.4. The number of rotatable bonds is 3. The van der Waals surface area contributed by atoms with Crippen LogP contribution >= 0.6 is 11.6 Å². The lowest BCUT2D eigenvalue weighted by Gasteiger charge is -2.34. The third kappa shape index (κ3) is 3.98. The predicted molar refractivity (Wildman–Crippen MR) is 113 cm³/mol. The molecule has 0 atom stereocenters. The highest BCUT2D eigenvalue weighted by molar-refractivity contribution is 6.31. The van der Waals surface area contributed by atoms with Crippen molar-refractivity contribution >= 4 is 28.5 Å². The van der Waals surface area contributed by atoms with Crippen LogP contribution < -0.4 is 5.56 Å². The van der Waals surface area contributed by atoms with Gasteiger partial charge in [-0.05, 0) is 62.1 Å². The van der Waals surface area contributed by atoms with Gasteiger partial charge in [0.1, 0.15) is 5.82 Å². The van der Waals surface area contributed by atoms with Gasteiger partial charge in [-0.2, -0.15) is 0 Å². The Hall–Kier alpha value is -2.86. The summed E-state index contributed by atoms with van der Waals surface area (Å²) in [6, 6.07) is 10.9. The van der Waals surface area contributed by atoms with Gasteiger partial charge in [-0.25, -0.2) is 9.18 Å². The van der Waals surface area contributed by atoms with Gasteiger partial charge in [0.2, 0.25) is 0 Å².